The van der Waals surface area contributed by atoms with E-state index in [0.29, 0.717) is 38.6 Å². The number of likely N-dealkylation sites (N-methyl/N-ethyl adjacent to an activating group) is 1. The molecule has 1 aliphatic rings. The van der Waals surface area contributed by atoms with Crippen molar-refractivity contribution in [1.82, 2.24) is 36.5 Å². The molecule has 1 fully saturated rings. The normalized spacial score (nSPS) is 16.8. The van der Waals surface area contributed by atoms with E-state index in [4.69, 9.17) is 17.2 Å². The van der Waals surface area contributed by atoms with Crippen molar-refractivity contribution >= 4 is 52.4 Å². The minimum atomic E-state index is -1.20. The fraction of sp³-hybridized carbons (Fsp3) is 0.625. The number of guanidine groups is 1. The number of aliphatic carboxylic acids is 1. The van der Waals surface area contributed by atoms with Crippen molar-refractivity contribution < 1.29 is 33.9 Å². The van der Waals surface area contributed by atoms with Crippen LogP contribution in [0.3, 0.4) is 0 Å². The number of hydrogen-bond donors (Lipinski definition) is 10. The highest BCUT2D eigenvalue weighted by molar-refractivity contribution is 5.97. The fourth-order valence-corrected chi connectivity index (χ4v) is 7.13. The van der Waals surface area contributed by atoms with Gasteiger partial charge in [0.15, 0.2) is 5.96 Å². The number of carboxylic acids is 1. The van der Waals surface area contributed by atoms with E-state index in [1.54, 1.807) is 34.0 Å². The number of carbonyl (C=O) groups is 6. The minimum Gasteiger partial charge on any atom is -0.480 e. The molecule has 1 unspecified atom stereocenters. The average molecular weight is 812 g/mol. The number of nitrogens with one attached hydrogen (secondary N) is 6. The molecule has 0 bridgehead atoms. The van der Waals surface area contributed by atoms with Gasteiger partial charge in [0, 0.05) is 36.6 Å². The number of para-hydroxylation sites is 1. The van der Waals surface area contributed by atoms with E-state index in [1.807, 2.05) is 38.1 Å². The number of amides is 5. The largest absolute Gasteiger partial charge is 0.480 e. The van der Waals surface area contributed by atoms with E-state index in [1.165, 1.54) is 4.90 Å². The first kappa shape index (κ1) is 47.1. The van der Waals surface area contributed by atoms with Crippen molar-refractivity contribution in [3.8, 4) is 0 Å². The quantitative estimate of drug-likeness (QED) is 0.0435. The number of benzene rings is 1. The summed E-state index contributed by atoms with van der Waals surface area (Å²) in [5.41, 5.74) is 17.3. The second-order valence-electron chi connectivity index (χ2n) is 16.4. The lowest BCUT2D eigenvalue weighted by Gasteiger charge is -2.33. The summed E-state index contributed by atoms with van der Waals surface area (Å²) in [4.78, 5) is 90.3. The smallest absolute Gasteiger partial charge is 0.326 e. The Morgan fingerprint density at radius 1 is 0.914 bits per heavy atom. The van der Waals surface area contributed by atoms with Crippen molar-refractivity contribution in [1.29, 1.82) is 0 Å². The van der Waals surface area contributed by atoms with Crippen molar-refractivity contribution in [3.05, 3.63) is 36.0 Å². The lowest BCUT2D eigenvalue weighted by atomic mass is 9.85. The van der Waals surface area contributed by atoms with E-state index >= 15 is 0 Å². The number of rotatable bonds is 22. The zero-order valence-corrected chi connectivity index (χ0v) is 34.7. The molecule has 5 amide bonds. The van der Waals surface area contributed by atoms with Gasteiger partial charge in [-0.25, -0.2) is 4.79 Å². The molecule has 0 saturated carbocycles. The molecule has 322 valence electrons. The Labute approximate surface area is 340 Å². The summed E-state index contributed by atoms with van der Waals surface area (Å²) in [6, 6.07) is 1.43. The van der Waals surface area contributed by atoms with Crippen molar-refractivity contribution in [2.45, 2.75) is 122 Å². The highest BCUT2D eigenvalue weighted by atomic mass is 16.4. The summed E-state index contributed by atoms with van der Waals surface area (Å²) in [5.74, 6) is -3.98. The minimum absolute atomic E-state index is 0.0211. The molecule has 18 nitrogen and oxygen atoms in total. The number of carboxylic acid groups (broad SMARTS) is 1. The zero-order valence-electron chi connectivity index (χ0n) is 34.7. The third-order valence-electron chi connectivity index (χ3n) is 10.2. The van der Waals surface area contributed by atoms with Crippen LogP contribution in [-0.2, 0) is 35.2 Å². The molecule has 2 aromatic rings. The van der Waals surface area contributed by atoms with Gasteiger partial charge in [-0.15, -0.1) is 0 Å². The number of carbonyl (C=O) groups excluding carboxylic acids is 5. The predicted octanol–water partition coefficient (Wildman–Crippen LogP) is 0.198. The zero-order chi connectivity index (χ0) is 43.2. The Bertz CT molecular complexity index is 1750. The maximum absolute atomic E-state index is 14.3. The first-order valence-electron chi connectivity index (χ1n) is 20.1. The number of hydrogen-bond acceptors (Lipinski definition) is 9. The number of nitrogens with zero attached hydrogens (tertiary/aromatic N) is 2. The van der Waals surface area contributed by atoms with E-state index < -0.39 is 77.2 Å². The number of aromatic amines is 1. The SMILES string of the molecule is CN[C@@H](CCCN=C(N)N)C(=O)N[C@@H](CCCN)C(=O)N1CCC[C@H]1C(=O)N[C@@H](Cc1c[nH]c2ccccc12)C(=O)NC(C(=O)N[C@@H](CC(C)C)C(=O)O)C(C)(C)C. The lowest BCUT2D eigenvalue weighted by molar-refractivity contribution is -0.143. The highest BCUT2D eigenvalue weighted by Crippen LogP contribution is 2.24. The molecule has 2 heterocycles. The van der Waals surface area contributed by atoms with Crippen LogP contribution in [0.5, 0.6) is 0 Å². The Kier molecular flexibility index (Phi) is 17.9. The van der Waals surface area contributed by atoms with Crippen molar-refractivity contribution in [2.75, 3.05) is 26.7 Å². The molecule has 13 N–H and O–H groups in total. The van der Waals surface area contributed by atoms with Crippen LogP contribution < -0.4 is 43.8 Å². The third-order valence-corrected chi connectivity index (χ3v) is 10.2. The average Bonchev–Trinajstić information content (AvgIpc) is 3.81. The third kappa shape index (κ3) is 13.7. The molecule has 1 aromatic carbocycles. The topological polar surface area (TPSA) is 292 Å². The van der Waals surface area contributed by atoms with Crippen LogP contribution in [-0.4, -0.2) is 119 Å². The molecule has 6 atom stereocenters. The first-order chi connectivity index (χ1) is 27.4. The first-order valence-corrected chi connectivity index (χ1v) is 20.1. The van der Waals surface area contributed by atoms with Crippen molar-refractivity contribution in [2.24, 2.45) is 33.5 Å². The van der Waals surface area contributed by atoms with Crippen LogP contribution in [0.4, 0.5) is 0 Å². The molecule has 58 heavy (non-hydrogen) atoms. The number of aromatic nitrogens is 1. The Morgan fingerprint density at radius 3 is 2.19 bits per heavy atom. The van der Waals surface area contributed by atoms with Crippen LogP contribution >= 0.6 is 0 Å². The summed E-state index contributed by atoms with van der Waals surface area (Å²) >= 11 is 0. The lowest BCUT2D eigenvalue weighted by Crippen LogP contribution is -2.61. The fourth-order valence-electron chi connectivity index (χ4n) is 7.13. The molecule has 1 aromatic heterocycles. The molecule has 3 rings (SSSR count). The second kappa shape index (κ2) is 22.1. The van der Waals surface area contributed by atoms with Crippen molar-refractivity contribution in [3.63, 3.8) is 0 Å². The summed E-state index contributed by atoms with van der Waals surface area (Å²) < 4.78 is 0. The summed E-state index contributed by atoms with van der Waals surface area (Å²) in [5, 5.41) is 24.8. The van der Waals surface area contributed by atoms with Gasteiger partial charge in [-0.1, -0.05) is 52.8 Å². The number of aliphatic imine (C=N–C) groups is 1. The Balaban J connectivity index is 1.88. The van der Waals surface area contributed by atoms with Gasteiger partial charge in [-0.2, -0.15) is 0 Å². The molecular weight excluding hydrogens is 747 g/mol. The van der Waals surface area contributed by atoms with Gasteiger partial charge in [0.2, 0.25) is 29.5 Å². The predicted molar refractivity (Wildman–Crippen MR) is 222 cm³/mol. The van der Waals surface area contributed by atoms with Gasteiger partial charge in [-0.05, 0) is 81.5 Å². The molecule has 0 spiro atoms. The van der Waals surface area contributed by atoms with E-state index in [-0.39, 0.29) is 44.2 Å². The summed E-state index contributed by atoms with van der Waals surface area (Å²) in [6.45, 7) is 9.80. The monoisotopic (exact) mass is 812 g/mol. The summed E-state index contributed by atoms with van der Waals surface area (Å²) in [7, 11) is 1.64. The highest BCUT2D eigenvalue weighted by Gasteiger charge is 2.41. The van der Waals surface area contributed by atoms with Gasteiger partial charge >= 0.3 is 5.97 Å². The van der Waals surface area contributed by atoms with Crippen LogP contribution in [0.15, 0.2) is 35.5 Å². The Morgan fingerprint density at radius 2 is 1.57 bits per heavy atom. The number of nitrogens with two attached hydrogens (primary N) is 3. The van der Waals surface area contributed by atoms with E-state index in [0.717, 1.165) is 16.5 Å². The van der Waals surface area contributed by atoms with Crippen LogP contribution in [0.1, 0.15) is 85.1 Å². The molecule has 1 saturated heterocycles. The van der Waals surface area contributed by atoms with Crippen LogP contribution in [0.25, 0.3) is 10.9 Å². The summed E-state index contributed by atoms with van der Waals surface area (Å²) in [6.07, 6.45) is 4.42. The van der Waals surface area contributed by atoms with E-state index in [2.05, 4.69) is 36.6 Å². The van der Waals surface area contributed by atoms with Gasteiger partial charge in [0.05, 0.1) is 6.04 Å². The molecular formula is C40H65N11O7. The molecule has 18 heteroatoms. The van der Waals surface area contributed by atoms with Gasteiger partial charge in [0.1, 0.15) is 30.2 Å². The van der Waals surface area contributed by atoms with E-state index in [9.17, 15) is 33.9 Å². The standard InChI is InChI=1S/C40H65N11O7/c1-23(2)20-30(38(57)58)49-36(55)32(40(3,4)5)50-34(53)29(21-24-22-46-26-13-8-7-12-25(24)26)48-35(54)31-16-11-19-51(31)37(56)28(14-9-17-41)47-33(52)27(44-6)15-10-18-45-39(42)43/h7-8,12-13,22-23,27-32,44,46H,9-11,14-21,41H2,1-6H3,(H,47,52)(H,48,54)(H,49,55)(H,50,53)(H,57,58)(H4,42,43,45)/t27-,28-,29-,30-,31-,32?/m0/s1. The molecule has 0 radical (unpaired) electrons. The van der Waals surface area contributed by atoms with Gasteiger partial charge < -0.3 is 58.8 Å². The van der Waals surface area contributed by atoms with Crippen LogP contribution in [0.2, 0.25) is 0 Å². The number of likely N-dealkylation sites (tertiary alicyclic amines) is 1. The number of H-pyrrole nitrogens is 1. The van der Waals surface area contributed by atoms with Crippen LogP contribution in [0, 0.1) is 11.3 Å². The number of fused-ring (bicyclic) bond motifs is 1. The molecule has 0 aliphatic carbocycles. The van der Waals surface area contributed by atoms with Gasteiger partial charge in [0.25, 0.3) is 0 Å². The molecule has 1 aliphatic heterocycles. The maximum Gasteiger partial charge on any atom is 0.326 e. The maximum atomic E-state index is 14.3. The van der Waals surface area contributed by atoms with Gasteiger partial charge in [-0.3, -0.25) is 29.0 Å². The second-order valence-corrected chi connectivity index (χ2v) is 16.4. The Hall–Kier alpha value is -5.23.